The highest BCUT2D eigenvalue weighted by Crippen LogP contribution is 2.34. The maximum atomic E-state index is 13.0. The Labute approximate surface area is 147 Å². The van der Waals surface area contributed by atoms with E-state index in [9.17, 15) is 9.59 Å². The van der Waals surface area contributed by atoms with Crippen molar-refractivity contribution in [2.45, 2.75) is 53.0 Å². The lowest BCUT2D eigenvalue weighted by Gasteiger charge is -2.18. The third-order valence-electron chi connectivity index (χ3n) is 3.93. The molecule has 0 radical (unpaired) electrons. The Bertz CT molecular complexity index is 811. The van der Waals surface area contributed by atoms with Crippen LogP contribution in [0.4, 0.5) is 5.69 Å². The van der Waals surface area contributed by atoms with Crippen molar-refractivity contribution in [3.8, 4) is 11.5 Å². The van der Waals surface area contributed by atoms with Gasteiger partial charge >= 0.3 is 5.97 Å². The molecule has 0 amide bonds. The van der Waals surface area contributed by atoms with E-state index in [-0.39, 0.29) is 11.3 Å². The SMILES string of the molecule is CCCCOc1c(OC(C)=O)c(=O)n(CCCC)c2cc(N)ccc12. The van der Waals surface area contributed by atoms with E-state index in [4.69, 9.17) is 15.2 Å². The predicted molar refractivity (Wildman–Crippen MR) is 99.2 cm³/mol. The van der Waals surface area contributed by atoms with E-state index in [0.717, 1.165) is 31.1 Å². The zero-order valence-corrected chi connectivity index (χ0v) is 15.1. The van der Waals surface area contributed by atoms with E-state index in [0.29, 0.717) is 30.1 Å². The highest BCUT2D eigenvalue weighted by Gasteiger charge is 2.21. The molecule has 1 heterocycles. The molecule has 0 saturated carbocycles. The number of hydrogen-bond acceptors (Lipinski definition) is 5. The molecule has 0 spiro atoms. The maximum absolute atomic E-state index is 13.0. The number of anilines is 1. The maximum Gasteiger partial charge on any atom is 0.308 e. The smallest absolute Gasteiger partial charge is 0.308 e. The Morgan fingerprint density at radius 3 is 2.52 bits per heavy atom. The van der Waals surface area contributed by atoms with Crippen LogP contribution >= 0.6 is 0 Å². The fourth-order valence-electron chi connectivity index (χ4n) is 2.65. The molecule has 0 fully saturated rings. The fourth-order valence-corrected chi connectivity index (χ4v) is 2.65. The van der Waals surface area contributed by atoms with Crippen molar-refractivity contribution in [2.24, 2.45) is 0 Å². The van der Waals surface area contributed by atoms with Gasteiger partial charge in [-0.1, -0.05) is 26.7 Å². The van der Waals surface area contributed by atoms with Gasteiger partial charge in [0.15, 0.2) is 5.75 Å². The fraction of sp³-hybridized carbons (Fsp3) is 0.474. The topological polar surface area (TPSA) is 83.5 Å². The van der Waals surface area contributed by atoms with Crippen LogP contribution in [0.5, 0.6) is 11.5 Å². The number of carbonyl (C=O) groups excluding carboxylic acids is 1. The minimum absolute atomic E-state index is 0.0445. The number of carbonyl (C=O) groups is 1. The second-order valence-corrected chi connectivity index (χ2v) is 6.04. The van der Waals surface area contributed by atoms with Gasteiger partial charge in [0.05, 0.1) is 12.1 Å². The molecule has 2 aromatic rings. The highest BCUT2D eigenvalue weighted by molar-refractivity contribution is 5.90. The molecule has 0 atom stereocenters. The number of aryl methyl sites for hydroxylation is 1. The summed E-state index contributed by atoms with van der Waals surface area (Å²) < 4.78 is 12.7. The first kappa shape index (κ1) is 18.8. The number of benzene rings is 1. The van der Waals surface area contributed by atoms with Crippen LogP contribution in [0.2, 0.25) is 0 Å². The Hall–Kier alpha value is -2.50. The molecule has 0 aliphatic heterocycles. The van der Waals surface area contributed by atoms with Crippen LogP contribution in [-0.2, 0) is 11.3 Å². The minimum Gasteiger partial charge on any atom is -0.489 e. The number of nitrogens with zero attached hydrogens (tertiary/aromatic N) is 1. The second kappa shape index (κ2) is 8.55. The van der Waals surface area contributed by atoms with Gasteiger partial charge in [0.1, 0.15) is 0 Å². The van der Waals surface area contributed by atoms with Gasteiger partial charge in [-0.15, -0.1) is 0 Å². The number of nitrogen functional groups attached to an aromatic ring is 1. The first-order valence-electron chi connectivity index (χ1n) is 8.76. The zero-order chi connectivity index (χ0) is 18.4. The number of esters is 1. The van der Waals surface area contributed by atoms with Crippen LogP contribution in [0.25, 0.3) is 10.9 Å². The minimum atomic E-state index is -0.547. The summed E-state index contributed by atoms with van der Waals surface area (Å²) in [6, 6.07) is 5.32. The molecule has 2 N–H and O–H groups in total. The Balaban J connectivity index is 2.72. The van der Waals surface area contributed by atoms with Crippen LogP contribution < -0.4 is 20.8 Å². The van der Waals surface area contributed by atoms with Crippen molar-refractivity contribution in [2.75, 3.05) is 12.3 Å². The summed E-state index contributed by atoms with van der Waals surface area (Å²) in [5.41, 5.74) is 6.81. The Morgan fingerprint density at radius 2 is 1.88 bits per heavy atom. The second-order valence-electron chi connectivity index (χ2n) is 6.04. The van der Waals surface area contributed by atoms with E-state index in [1.807, 2.05) is 0 Å². The standard InChI is InChI=1S/C19H26N2O4/c1-4-6-10-21-16-12-14(20)8-9-15(16)17(24-11-7-5-2)18(19(21)23)25-13(3)22/h8-9,12H,4-7,10-11,20H2,1-3H3. The van der Waals surface area contributed by atoms with Crippen molar-refractivity contribution >= 4 is 22.6 Å². The molecule has 2 rings (SSSR count). The van der Waals surface area contributed by atoms with Crippen LogP contribution in [-0.4, -0.2) is 17.1 Å². The molecule has 0 saturated heterocycles. The monoisotopic (exact) mass is 346 g/mol. The number of pyridine rings is 1. The first-order chi connectivity index (χ1) is 12.0. The Kier molecular flexibility index (Phi) is 6.44. The lowest BCUT2D eigenvalue weighted by molar-refractivity contribution is -0.132. The summed E-state index contributed by atoms with van der Waals surface area (Å²) in [5.74, 6) is -0.275. The third-order valence-corrected chi connectivity index (χ3v) is 3.93. The first-order valence-corrected chi connectivity index (χ1v) is 8.76. The zero-order valence-electron chi connectivity index (χ0n) is 15.1. The summed E-state index contributed by atoms with van der Waals surface area (Å²) in [6.07, 6.45) is 3.57. The summed E-state index contributed by atoms with van der Waals surface area (Å²) in [4.78, 5) is 24.5. The molecule has 136 valence electrons. The van der Waals surface area contributed by atoms with Crippen LogP contribution in [0.15, 0.2) is 23.0 Å². The van der Waals surface area contributed by atoms with Crippen molar-refractivity contribution in [1.82, 2.24) is 4.57 Å². The third kappa shape index (κ3) is 4.32. The number of unbranched alkanes of at least 4 members (excludes halogenated alkanes) is 2. The van der Waals surface area contributed by atoms with E-state index >= 15 is 0 Å². The normalized spacial score (nSPS) is 10.8. The van der Waals surface area contributed by atoms with Gasteiger partial charge < -0.3 is 19.8 Å². The van der Waals surface area contributed by atoms with Gasteiger partial charge in [0.2, 0.25) is 5.75 Å². The Morgan fingerprint density at radius 1 is 1.16 bits per heavy atom. The van der Waals surface area contributed by atoms with Crippen molar-refractivity contribution in [3.63, 3.8) is 0 Å². The molecular weight excluding hydrogens is 320 g/mol. The van der Waals surface area contributed by atoms with Gasteiger partial charge in [-0.05, 0) is 31.0 Å². The molecule has 0 aliphatic rings. The molecule has 0 unspecified atom stereocenters. The molecule has 25 heavy (non-hydrogen) atoms. The average Bonchev–Trinajstić information content (AvgIpc) is 2.57. The van der Waals surface area contributed by atoms with Gasteiger partial charge in [-0.3, -0.25) is 9.59 Å². The number of rotatable bonds is 8. The van der Waals surface area contributed by atoms with Crippen molar-refractivity contribution in [1.29, 1.82) is 0 Å². The van der Waals surface area contributed by atoms with Crippen LogP contribution in [0.3, 0.4) is 0 Å². The van der Waals surface area contributed by atoms with Gasteiger partial charge in [0.25, 0.3) is 5.56 Å². The lowest BCUT2D eigenvalue weighted by Crippen LogP contribution is -2.25. The average molecular weight is 346 g/mol. The van der Waals surface area contributed by atoms with Crippen molar-refractivity contribution < 1.29 is 14.3 Å². The lowest BCUT2D eigenvalue weighted by atomic mass is 10.1. The van der Waals surface area contributed by atoms with E-state index in [2.05, 4.69) is 13.8 Å². The molecule has 0 aliphatic carbocycles. The predicted octanol–water partition coefficient (Wildman–Crippen LogP) is 3.49. The quantitative estimate of drug-likeness (QED) is 0.449. The summed E-state index contributed by atoms with van der Waals surface area (Å²) in [6.45, 7) is 6.36. The number of aromatic nitrogens is 1. The van der Waals surface area contributed by atoms with Crippen LogP contribution in [0, 0.1) is 0 Å². The summed E-state index contributed by atoms with van der Waals surface area (Å²) in [5, 5.41) is 0.720. The highest BCUT2D eigenvalue weighted by atomic mass is 16.6. The molecule has 0 bridgehead atoms. The van der Waals surface area contributed by atoms with Crippen LogP contribution in [0.1, 0.15) is 46.5 Å². The van der Waals surface area contributed by atoms with Gasteiger partial charge in [0, 0.05) is 24.5 Å². The number of fused-ring (bicyclic) bond motifs is 1. The number of ether oxygens (including phenoxy) is 2. The molecule has 1 aromatic heterocycles. The largest absolute Gasteiger partial charge is 0.489 e. The molecular formula is C19H26N2O4. The van der Waals surface area contributed by atoms with E-state index < -0.39 is 5.97 Å². The van der Waals surface area contributed by atoms with E-state index in [1.54, 1.807) is 22.8 Å². The van der Waals surface area contributed by atoms with E-state index in [1.165, 1.54) is 6.92 Å². The van der Waals surface area contributed by atoms with Crippen molar-refractivity contribution in [3.05, 3.63) is 28.6 Å². The summed E-state index contributed by atoms with van der Waals surface area (Å²) >= 11 is 0. The summed E-state index contributed by atoms with van der Waals surface area (Å²) in [7, 11) is 0. The molecule has 6 heteroatoms. The molecule has 6 nitrogen and oxygen atoms in total. The number of hydrogen-bond donors (Lipinski definition) is 1. The van der Waals surface area contributed by atoms with Gasteiger partial charge in [-0.2, -0.15) is 0 Å². The number of nitrogens with two attached hydrogens (primary N) is 1. The molecule has 1 aromatic carbocycles. The van der Waals surface area contributed by atoms with Gasteiger partial charge in [-0.25, -0.2) is 0 Å².